The molecule has 8 heteroatoms. The molecule has 0 aliphatic rings. The van der Waals surface area contributed by atoms with E-state index in [1.165, 1.54) is 0 Å². The summed E-state index contributed by atoms with van der Waals surface area (Å²) in [5, 5.41) is 8.91. The summed E-state index contributed by atoms with van der Waals surface area (Å²) in [4.78, 5) is 0.299. The number of hydrogen-bond donors (Lipinski definition) is 0. The minimum Gasteiger partial charge on any atom is -0.494 e. The summed E-state index contributed by atoms with van der Waals surface area (Å²) < 4.78 is 32.6. The predicted octanol–water partition coefficient (Wildman–Crippen LogP) is 3.66. The van der Waals surface area contributed by atoms with E-state index in [9.17, 15) is 8.42 Å². The normalized spacial score (nSPS) is 11.5. The molecule has 2 aromatic carbocycles. The Morgan fingerprint density at radius 1 is 1.04 bits per heavy atom. The zero-order chi connectivity index (χ0) is 20.0. The first-order valence-electron chi connectivity index (χ1n) is 8.94. The van der Waals surface area contributed by atoms with Crippen molar-refractivity contribution in [3.8, 4) is 5.75 Å². The average molecular weight is 418 g/mol. The monoisotopic (exact) mass is 417 g/mol. The van der Waals surface area contributed by atoms with E-state index >= 15 is 0 Å². The predicted molar refractivity (Wildman–Crippen MR) is 110 cm³/mol. The van der Waals surface area contributed by atoms with Crippen LogP contribution in [0.4, 0.5) is 0 Å². The number of aromatic nitrogens is 3. The van der Waals surface area contributed by atoms with Crippen LogP contribution in [0.2, 0.25) is 0 Å². The first-order valence-corrected chi connectivity index (χ1v) is 11.6. The van der Waals surface area contributed by atoms with E-state index < -0.39 is 9.84 Å². The Labute approximate surface area is 169 Å². The molecule has 0 bridgehead atoms. The number of nitrogens with zero attached hydrogens (tertiary/aromatic N) is 3. The maximum absolute atomic E-state index is 12.6. The summed E-state index contributed by atoms with van der Waals surface area (Å²) in [5.41, 5.74) is 1.02. The van der Waals surface area contributed by atoms with E-state index in [-0.39, 0.29) is 5.75 Å². The summed E-state index contributed by atoms with van der Waals surface area (Å²) in [6.45, 7) is 2.54. The van der Waals surface area contributed by atoms with Crippen molar-refractivity contribution in [2.75, 3.05) is 12.4 Å². The molecule has 1 aromatic heterocycles. The number of para-hydroxylation sites is 1. The largest absolute Gasteiger partial charge is 0.494 e. The molecule has 0 unspecified atom stereocenters. The van der Waals surface area contributed by atoms with Crippen molar-refractivity contribution in [2.24, 2.45) is 7.05 Å². The van der Waals surface area contributed by atoms with Crippen molar-refractivity contribution in [1.29, 1.82) is 0 Å². The second kappa shape index (κ2) is 9.25. The van der Waals surface area contributed by atoms with Gasteiger partial charge < -0.3 is 9.30 Å². The van der Waals surface area contributed by atoms with Gasteiger partial charge in [-0.05, 0) is 37.6 Å². The summed E-state index contributed by atoms with van der Waals surface area (Å²) >= 11 is 1.54. The second-order valence-corrected chi connectivity index (χ2v) is 9.45. The van der Waals surface area contributed by atoms with Crippen LogP contribution in [0.5, 0.6) is 5.75 Å². The molecule has 0 aliphatic heterocycles. The van der Waals surface area contributed by atoms with E-state index in [1.54, 1.807) is 47.6 Å². The third-order valence-electron chi connectivity index (χ3n) is 4.16. The lowest BCUT2D eigenvalue weighted by atomic mass is 10.2. The van der Waals surface area contributed by atoms with E-state index in [0.717, 1.165) is 23.5 Å². The molecule has 28 heavy (non-hydrogen) atoms. The van der Waals surface area contributed by atoms with Gasteiger partial charge in [0, 0.05) is 12.8 Å². The number of benzene rings is 2. The minimum absolute atomic E-state index is 0.169. The smallest absolute Gasteiger partial charge is 0.190 e. The zero-order valence-electron chi connectivity index (χ0n) is 15.9. The van der Waals surface area contributed by atoms with Gasteiger partial charge in [0.25, 0.3) is 0 Å². The molecule has 6 nitrogen and oxygen atoms in total. The number of sulfone groups is 1. The fraction of sp³-hybridized carbons (Fsp3) is 0.300. The Balaban J connectivity index is 1.52. The lowest BCUT2D eigenvalue weighted by Crippen LogP contribution is -2.10. The Morgan fingerprint density at radius 2 is 1.75 bits per heavy atom. The Kier molecular flexibility index (Phi) is 6.74. The van der Waals surface area contributed by atoms with Gasteiger partial charge >= 0.3 is 0 Å². The molecule has 0 saturated carbocycles. The summed E-state index contributed by atoms with van der Waals surface area (Å²) in [5.74, 6) is 1.93. The van der Waals surface area contributed by atoms with Crippen LogP contribution in [0, 0.1) is 6.92 Å². The number of rotatable bonds is 9. The number of ether oxygens (including phenoxy) is 1. The highest BCUT2D eigenvalue weighted by molar-refractivity contribution is 7.99. The maximum Gasteiger partial charge on any atom is 0.190 e. The van der Waals surface area contributed by atoms with Crippen LogP contribution in [-0.2, 0) is 22.6 Å². The Hall–Kier alpha value is -2.32. The number of aryl methyl sites for hydroxylation is 1. The van der Waals surface area contributed by atoms with Gasteiger partial charge in [-0.1, -0.05) is 47.7 Å². The van der Waals surface area contributed by atoms with E-state index in [1.807, 2.05) is 37.3 Å². The van der Waals surface area contributed by atoms with Crippen LogP contribution < -0.4 is 4.74 Å². The van der Waals surface area contributed by atoms with Crippen LogP contribution in [0.3, 0.4) is 0 Å². The van der Waals surface area contributed by atoms with Crippen molar-refractivity contribution >= 4 is 21.6 Å². The van der Waals surface area contributed by atoms with Gasteiger partial charge in [0.2, 0.25) is 0 Å². The molecular formula is C20H23N3O3S2. The first-order chi connectivity index (χ1) is 13.5. The van der Waals surface area contributed by atoms with E-state index in [0.29, 0.717) is 22.5 Å². The number of hydrogen-bond acceptors (Lipinski definition) is 6. The van der Waals surface area contributed by atoms with Gasteiger partial charge in [-0.2, -0.15) is 0 Å². The van der Waals surface area contributed by atoms with Crippen molar-refractivity contribution in [1.82, 2.24) is 14.8 Å². The molecule has 148 valence electrons. The molecule has 0 atom stereocenters. The quantitative estimate of drug-likeness (QED) is 0.391. The zero-order valence-corrected chi connectivity index (χ0v) is 17.5. The highest BCUT2D eigenvalue weighted by Gasteiger charge is 2.20. The third-order valence-corrected chi connectivity index (χ3v) is 6.89. The van der Waals surface area contributed by atoms with Crippen LogP contribution in [0.1, 0.15) is 17.8 Å². The summed E-state index contributed by atoms with van der Waals surface area (Å²) in [7, 11) is -1.66. The van der Waals surface area contributed by atoms with Crippen LogP contribution in [0.15, 0.2) is 64.6 Å². The molecule has 0 radical (unpaired) electrons. The molecule has 3 aromatic rings. The van der Waals surface area contributed by atoms with Crippen LogP contribution >= 0.6 is 11.8 Å². The van der Waals surface area contributed by atoms with Gasteiger partial charge in [-0.25, -0.2) is 8.42 Å². The Morgan fingerprint density at radius 3 is 2.46 bits per heavy atom. The molecule has 0 amide bonds. The SMILES string of the molecule is Cc1ccc(S(=O)(=O)Cc2nnc(SCCCOc3ccccc3)n2C)cc1. The van der Waals surface area contributed by atoms with Crippen molar-refractivity contribution in [3.63, 3.8) is 0 Å². The van der Waals surface area contributed by atoms with Crippen molar-refractivity contribution in [2.45, 2.75) is 29.1 Å². The van der Waals surface area contributed by atoms with Crippen LogP contribution in [-0.4, -0.2) is 35.5 Å². The molecule has 0 fully saturated rings. The highest BCUT2D eigenvalue weighted by Crippen LogP contribution is 2.20. The van der Waals surface area contributed by atoms with Gasteiger partial charge in [-0.15, -0.1) is 10.2 Å². The molecule has 3 rings (SSSR count). The Bertz CT molecular complexity index is 1000. The fourth-order valence-corrected chi connectivity index (χ4v) is 4.68. The lowest BCUT2D eigenvalue weighted by Gasteiger charge is -2.07. The fourth-order valence-electron chi connectivity index (χ4n) is 2.52. The molecule has 0 saturated heterocycles. The molecular weight excluding hydrogens is 394 g/mol. The minimum atomic E-state index is -3.45. The average Bonchev–Trinajstić information content (AvgIpc) is 3.02. The maximum atomic E-state index is 12.6. The molecule has 0 N–H and O–H groups in total. The van der Waals surface area contributed by atoms with Crippen LogP contribution in [0.25, 0.3) is 0 Å². The molecule has 1 heterocycles. The van der Waals surface area contributed by atoms with Gasteiger partial charge in [0.1, 0.15) is 17.3 Å². The lowest BCUT2D eigenvalue weighted by molar-refractivity contribution is 0.318. The van der Waals surface area contributed by atoms with Gasteiger partial charge in [-0.3, -0.25) is 0 Å². The second-order valence-electron chi connectivity index (χ2n) is 6.39. The highest BCUT2D eigenvalue weighted by atomic mass is 32.2. The summed E-state index contributed by atoms with van der Waals surface area (Å²) in [6.07, 6.45) is 0.851. The summed E-state index contributed by atoms with van der Waals surface area (Å²) in [6, 6.07) is 16.5. The van der Waals surface area contributed by atoms with E-state index in [2.05, 4.69) is 10.2 Å². The third kappa shape index (κ3) is 5.36. The number of thioether (sulfide) groups is 1. The van der Waals surface area contributed by atoms with Crippen molar-refractivity contribution < 1.29 is 13.2 Å². The van der Waals surface area contributed by atoms with Crippen molar-refractivity contribution in [3.05, 3.63) is 66.0 Å². The first kappa shape index (κ1) is 20.4. The molecule has 0 aliphatic carbocycles. The standard InChI is InChI=1S/C20H23N3O3S2/c1-16-9-11-18(12-10-16)28(24,25)15-19-21-22-20(23(19)2)27-14-6-13-26-17-7-4-3-5-8-17/h3-5,7-12H,6,13-15H2,1-2H3. The van der Waals surface area contributed by atoms with E-state index in [4.69, 9.17) is 4.74 Å². The topological polar surface area (TPSA) is 74.1 Å². The molecule has 0 spiro atoms. The van der Waals surface area contributed by atoms with Gasteiger partial charge in [0.05, 0.1) is 11.5 Å². The van der Waals surface area contributed by atoms with Gasteiger partial charge in [0.15, 0.2) is 15.0 Å².